The molecule has 0 bridgehead atoms. The zero-order valence-corrected chi connectivity index (χ0v) is 19.5. The Labute approximate surface area is 203 Å². The molecule has 3 aromatic carbocycles. The van der Waals surface area contributed by atoms with E-state index in [1.807, 2.05) is 0 Å². The van der Waals surface area contributed by atoms with Crippen LogP contribution >= 0.6 is 46.4 Å². The van der Waals surface area contributed by atoms with Crippen molar-refractivity contribution in [1.29, 1.82) is 0 Å². The Morgan fingerprint density at radius 3 is 2.59 bits per heavy atom. The highest BCUT2D eigenvalue weighted by Crippen LogP contribution is 2.34. The van der Waals surface area contributed by atoms with Gasteiger partial charge in [-0.1, -0.05) is 46.4 Å². The van der Waals surface area contributed by atoms with E-state index >= 15 is 0 Å². The number of hydrogen-bond donors (Lipinski definition) is 1. The fourth-order valence-electron chi connectivity index (χ4n) is 3.05. The van der Waals surface area contributed by atoms with Crippen LogP contribution < -0.4 is 10.1 Å². The van der Waals surface area contributed by atoms with Crippen molar-refractivity contribution in [1.82, 2.24) is 4.98 Å². The van der Waals surface area contributed by atoms with Gasteiger partial charge >= 0.3 is 0 Å². The molecule has 0 saturated heterocycles. The van der Waals surface area contributed by atoms with Crippen LogP contribution in [0.4, 0.5) is 5.69 Å². The number of carbonyl (C=O) groups excluding carboxylic acids is 1. The van der Waals surface area contributed by atoms with E-state index < -0.39 is 0 Å². The number of nitrogens with one attached hydrogen (secondary N) is 1. The molecule has 4 aromatic rings. The van der Waals surface area contributed by atoms with Crippen molar-refractivity contribution in [3.63, 3.8) is 0 Å². The number of anilines is 1. The molecule has 4 rings (SSSR count). The molecular formula is C23H14Cl4N2O3. The lowest BCUT2D eigenvalue weighted by atomic mass is 10.2. The van der Waals surface area contributed by atoms with Gasteiger partial charge in [0.15, 0.2) is 5.58 Å². The quantitative estimate of drug-likeness (QED) is 0.280. The summed E-state index contributed by atoms with van der Waals surface area (Å²) in [6.07, 6.45) is 2.93. The molecular weight excluding hydrogens is 494 g/mol. The molecule has 1 heterocycles. The van der Waals surface area contributed by atoms with Crippen LogP contribution in [0.25, 0.3) is 28.6 Å². The number of ether oxygens (including phenoxy) is 1. The van der Waals surface area contributed by atoms with Gasteiger partial charge in [0.2, 0.25) is 11.8 Å². The van der Waals surface area contributed by atoms with Crippen molar-refractivity contribution < 1.29 is 13.9 Å². The lowest BCUT2D eigenvalue weighted by Crippen LogP contribution is -2.07. The molecule has 0 aliphatic rings. The van der Waals surface area contributed by atoms with Crippen LogP contribution in [-0.4, -0.2) is 18.0 Å². The van der Waals surface area contributed by atoms with E-state index in [0.717, 1.165) is 0 Å². The minimum Gasteiger partial charge on any atom is -0.495 e. The number of halogens is 4. The first-order chi connectivity index (χ1) is 15.3. The maximum atomic E-state index is 12.4. The Morgan fingerprint density at radius 1 is 1.00 bits per heavy atom. The maximum Gasteiger partial charge on any atom is 0.248 e. The Hall–Kier alpha value is -2.70. The van der Waals surface area contributed by atoms with Crippen molar-refractivity contribution in [2.45, 2.75) is 0 Å². The molecule has 0 fully saturated rings. The maximum absolute atomic E-state index is 12.4. The van der Waals surface area contributed by atoms with Crippen LogP contribution in [0.15, 0.2) is 59.0 Å². The van der Waals surface area contributed by atoms with Crippen molar-refractivity contribution in [3.8, 4) is 17.2 Å². The third-order valence-electron chi connectivity index (χ3n) is 4.47. The van der Waals surface area contributed by atoms with Gasteiger partial charge in [-0.25, -0.2) is 4.98 Å². The minimum atomic E-state index is -0.357. The molecule has 0 radical (unpaired) electrons. The number of aromatic nitrogens is 1. The number of carbonyl (C=O) groups is 1. The van der Waals surface area contributed by atoms with Crippen molar-refractivity contribution in [3.05, 3.63) is 80.3 Å². The fourth-order valence-corrected chi connectivity index (χ4v) is 4.01. The van der Waals surface area contributed by atoms with E-state index in [-0.39, 0.29) is 5.91 Å². The van der Waals surface area contributed by atoms with Gasteiger partial charge in [-0.2, -0.15) is 0 Å². The highest BCUT2D eigenvalue weighted by atomic mass is 35.5. The number of oxazole rings is 1. The lowest BCUT2D eigenvalue weighted by molar-refractivity contribution is -0.111. The number of nitrogens with zero attached hydrogens (tertiary/aromatic N) is 1. The van der Waals surface area contributed by atoms with E-state index in [1.54, 1.807) is 54.6 Å². The summed E-state index contributed by atoms with van der Waals surface area (Å²) in [5.74, 6) is 0.404. The highest BCUT2D eigenvalue weighted by Gasteiger charge is 2.13. The van der Waals surface area contributed by atoms with Gasteiger partial charge in [-0.15, -0.1) is 0 Å². The molecule has 0 spiro atoms. The Morgan fingerprint density at radius 2 is 1.81 bits per heavy atom. The second-order valence-electron chi connectivity index (χ2n) is 6.66. The molecule has 1 aromatic heterocycles. The van der Waals surface area contributed by atoms with Crippen LogP contribution in [0.2, 0.25) is 20.1 Å². The topological polar surface area (TPSA) is 64.4 Å². The standard InChI is InChI=1S/C23H14Cl4N2O3/c1-31-22-12(8-14(25)10-18(22)27)2-7-21(30)28-15-4-6-20-19(11-15)29-23(32-20)16-9-13(24)3-5-17(16)26/h2-11H,1H3,(H,28,30). The van der Waals surface area contributed by atoms with Crippen molar-refractivity contribution in [2.75, 3.05) is 12.4 Å². The van der Waals surface area contributed by atoms with Crippen LogP contribution in [0.1, 0.15) is 5.56 Å². The van der Waals surface area contributed by atoms with Gasteiger partial charge in [0.25, 0.3) is 0 Å². The summed E-state index contributed by atoms with van der Waals surface area (Å²) < 4.78 is 11.1. The Balaban J connectivity index is 1.55. The monoisotopic (exact) mass is 506 g/mol. The van der Waals surface area contributed by atoms with Crippen LogP contribution in [0.3, 0.4) is 0 Å². The molecule has 1 amide bonds. The van der Waals surface area contributed by atoms with Crippen LogP contribution in [0.5, 0.6) is 5.75 Å². The van der Waals surface area contributed by atoms with Crippen LogP contribution in [-0.2, 0) is 4.79 Å². The van der Waals surface area contributed by atoms with E-state index in [9.17, 15) is 4.79 Å². The highest BCUT2D eigenvalue weighted by molar-refractivity contribution is 6.36. The molecule has 162 valence electrons. The van der Waals surface area contributed by atoms with E-state index in [4.69, 9.17) is 55.6 Å². The smallest absolute Gasteiger partial charge is 0.248 e. The summed E-state index contributed by atoms with van der Waals surface area (Å²) in [5, 5.41) is 4.55. The summed E-state index contributed by atoms with van der Waals surface area (Å²) in [5.41, 5.74) is 2.80. The van der Waals surface area contributed by atoms with Gasteiger partial charge in [0.1, 0.15) is 11.3 Å². The first-order valence-electron chi connectivity index (χ1n) is 9.22. The number of fused-ring (bicyclic) bond motifs is 1. The van der Waals surface area contributed by atoms with Gasteiger partial charge in [-0.05, 0) is 54.6 Å². The van der Waals surface area contributed by atoms with Crippen molar-refractivity contribution in [2.24, 2.45) is 0 Å². The normalized spacial score (nSPS) is 11.3. The Kier molecular flexibility index (Phi) is 6.63. The summed E-state index contributed by atoms with van der Waals surface area (Å²) >= 11 is 24.5. The average molecular weight is 508 g/mol. The molecule has 1 N–H and O–H groups in total. The third-order valence-corrected chi connectivity index (χ3v) is 5.53. The van der Waals surface area contributed by atoms with E-state index in [2.05, 4.69) is 10.3 Å². The third kappa shape index (κ3) is 4.87. The molecule has 0 saturated carbocycles. The second-order valence-corrected chi connectivity index (χ2v) is 8.35. The number of methoxy groups -OCH3 is 1. The molecule has 0 aliphatic heterocycles. The number of benzene rings is 3. The average Bonchev–Trinajstić information content (AvgIpc) is 3.17. The largest absolute Gasteiger partial charge is 0.495 e. The second kappa shape index (κ2) is 9.43. The number of rotatable bonds is 5. The van der Waals surface area contributed by atoms with Gasteiger partial charge in [-0.3, -0.25) is 4.79 Å². The number of amides is 1. The van der Waals surface area contributed by atoms with Gasteiger partial charge in [0, 0.05) is 27.4 Å². The zero-order valence-electron chi connectivity index (χ0n) is 16.5. The zero-order chi connectivity index (χ0) is 22.8. The predicted molar refractivity (Wildman–Crippen MR) is 130 cm³/mol. The van der Waals surface area contributed by atoms with Crippen molar-refractivity contribution >= 4 is 75.2 Å². The predicted octanol–water partition coefficient (Wildman–Crippen LogP) is 7.77. The van der Waals surface area contributed by atoms with Gasteiger partial charge in [0.05, 0.1) is 22.7 Å². The SMILES string of the molecule is COc1c(Cl)cc(Cl)cc1C=CC(=O)Nc1ccc2oc(-c3cc(Cl)ccc3Cl)nc2c1. The first-order valence-corrected chi connectivity index (χ1v) is 10.7. The molecule has 0 unspecified atom stereocenters. The fraction of sp³-hybridized carbons (Fsp3) is 0.0435. The molecule has 9 heteroatoms. The molecule has 32 heavy (non-hydrogen) atoms. The Bertz CT molecular complexity index is 1370. The summed E-state index contributed by atoms with van der Waals surface area (Å²) in [6.45, 7) is 0. The summed E-state index contributed by atoms with van der Waals surface area (Å²) in [4.78, 5) is 16.9. The lowest BCUT2D eigenvalue weighted by Gasteiger charge is -2.08. The van der Waals surface area contributed by atoms with Crippen LogP contribution in [0, 0.1) is 0 Å². The number of hydrogen-bond acceptors (Lipinski definition) is 4. The minimum absolute atomic E-state index is 0.334. The van der Waals surface area contributed by atoms with Gasteiger partial charge < -0.3 is 14.5 Å². The summed E-state index contributed by atoms with van der Waals surface area (Å²) in [6, 6.07) is 13.4. The van der Waals surface area contributed by atoms with E-state index in [1.165, 1.54) is 13.2 Å². The summed E-state index contributed by atoms with van der Waals surface area (Å²) in [7, 11) is 1.49. The van der Waals surface area contributed by atoms with E-state index in [0.29, 0.717) is 59.6 Å². The molecule has 0 atom stereocenters. The molecule has 5 nitrogen and oxygen atoms in total. The molecule has 0 aliphatic carbocycles. The first kappa shape index (κ1) is 22.5.